The van der Waals surface area contributed by atoms with Gasteiger partial charge in [0.1, 0.15) is 17.3 Å². The van der Waals surface area contributed by atoms with Crippen LogP contribution in [0.3, 0.4) is 0 Å². The Balaban J connectivity index is 1.99. The smallest absolute Gasteiger partial charge is 0.300 e. The Morgan fingerprint density at radius 2 is 1.88 bits per heavy atom. The first-order valence-electron chi connectivity index (χ1n) is 10.1. The number of aliphatic hydroxyl groups excluding tert-OH is 1. The van der Waals surface area contributed by atoms with Gasteiger partial charge in [0.2, 0.25) is 0 Å². The van der Waals surface area contributed by atoms with Gasteiger partial charge in [0.15, 0.2) is 0 Å². The molecule has 7 nitrogen and oxygen atoms in total. The predicted molar refractivity (Wildman–Crippen MR) is 125 cm³/mol. The molecule has 1 aromatic heterocycles. The van der Waals surface area contributed by atoms with Crippen molar-refractivity contribution in [2.75, 3.05) is 12.0 Å². The van der Waals surface area contributed by atoms with Crippen LogP contribution < -0.4 is 9.64 Å². The van der Waals surface area contributed by atoms with E-state index in [4.69, 9.17) is 16.3 Å². The molecule has 1 fully saturated rings. The van der Waals surface area contributed by atoms with Crippen molar-refractivity contribution < 1.29 is 24.5 Å². The molecule has 1 unspecified atom stereocenters. The number of hydrogen-bond acceptors (Lipinski definition) is 6. The zero-order valence-electron chi connectivity index (χ0n) is 18.2. The summed E-state index contributed by atoms with van der Waals surface area (Å²) in [5.41, 5.74) is 2.25. The number of aliphatic hydroxyl groups is 1. The summed E-state index contributed by atoms with van der Waals surface area (Å²) in [6.07, 6.45) is 3.06. The van der Waals surface area contributed by atoms with Gasteiger partial charge in [-0.05, 0) is 66.9 Å². The predicted octanol–water partition coefficient (Wildman–Crippen LogP) is 4.69. The molecule has 0 aliphatic carbocycles. The Hall–Kier alpha value is -3.84. The third-order valence-corrected chi connectivity index (χ3v) is 5.87. The maximum atomic E-state index is 13.2. The number of methoxy groups -OCH3 is 1. The van der Waals surface area contributed by atoms with Gasteiger partial charge >= 0.3 is 0 Å². The number of aryl methyl sites for hydroxylation is 2. The van der Waals surface area contributed by atoms with Crippen LogP contribution in [0.4, 0.5) is 5.69 Å². The van der Waals surface area contributed by atoms with Crippen molar-refractivity contribution in [2.24, 2.45) is 0 Å². The van der Waals surface area contributed by atoms with Crippen molar-refractivity contribution in [3.8, 4) is 11.5 Å². The normalized spacial score (nSPS) is 17.5. The number of aromatic nitrogens is 1. The Labute approximate surface area is 195 Å². The van der Waals surface area contributed by atoms with Crippen molar-refractivity contribution >= 4 is 34.7 Å². The number of nitrogens with zero attached hydrogens (tertiary/aromatic N) is 2. The number of anilines is 1. The lowest BCUT2D eigenvalue weighted by atomic mass is 9.93. The molecule has 4 rings (SSSR count). The molecule has 1 saturated heterocycles. The first kappa shape index (κ1) is 22.4. The molecule has 0 radical (unpaired) electrons. The summed E-state index contributed by atoms with van der Waals surface area (Å²) in [6.45, 7) is 3.59. The average molecular weight is 465 g/mol. The lowest BCUT2D eigenvalue weighted by molar-refractivity contribution is -0.132. The van der Waals surface area contributed by atoms with E-state index in [-0.39, 0.29) is 27.8 Å². The van der Waals surface area contributed by atoms with Gasteiger partial charge in [-0.1, -0.05) is 17.7 Å². The number of carbonyl (C=O) groups is 2. The molecule has 2 aromatic carbocycles. The highest BCUT2D eigenvalue weighted by Gasteiger charge is 2.48. The Morgan fingerprint density at radius 1 is 1.12 bits per heavy atom. The van der Waals surface area contributed by atoms with Crippen LogP contribution in [0.2, 0.25) is 5.02 Å². The number of phenols is 1. The SMILES string of the molecule is COc1cc(C)c(/C(O)=C2\C(=O)C(=O)N(c3cc(Cl)ccc3O)C2c2cccnc2)cc1C. The number of Topliss-reactive ketones (excluding diaryl/α,β-unsaturated/α-hetero) is 1. The number of ether oxygens (including phenoxy) is 1. The van der Waals surface area contributed by atoms with Crippen LogP contribution in [0.1, 0.15) is 28.3 Å². The topological polar surface area (TPSA) is 100.0 Å². The summed E-state index contributed by atoms with van der Waals surface area (Å²) in [4.78, 5) is 31.7. The van der Waals surface area contributed by atoms with E-state index in [2.05, 4.69) is 4.98 Å². The van der Waals surface area contributed by atoms with Crippen LogP contribution in [0.5, 0.6) is 11.5 Å². The fraction of sp³-hybridized carbons (Fsp3) is 0.160. The maximum Gasteiger partial charge on any atom is 0.300 e. The average Bonchev–Trinajstić information content (AvgIpc) is 3.07. The molecule has 33 heavy (non-hydrogen) atoms. The van der Waals surface area contributed by atoms with Gasteiger partial charge < -0.3 is 14.9 Å². The number of halogens is 1. The monoisotopic (exact) mass is 464 g/mol. The lowest BCUT2D eigenvalue weighted by Crippen LogP contribution is -2.29. The first-order valence-corrected chi connectivity index (χ1v) is 10.5. The van der Waals surface area contributed by atoms with Gasteiger partial charge in [-0.2, -0.15) is 0 Å². The number of pyridine rings is 1. The van der Waals surface area contributed by atoms with E-state index in [9.17, 15) is 19.8 Å². The number of ketones is 1. The van der Waals surface area contributed by atoms with E-state index in [0.717, 1.165) is 10.5 Å². The van der Waals surface area contributed by atoms with E-state index in [1.54, 1.807) is 44.5 Å². The van der Waals surface area contributed by atoms with Gasteiger partial charge in [-0.3, -0.25) is 19.5 Å². The Bertz CT molecular complexity index is 1300. The van der Waals surface area contributed by atoms with E-state index < -0.39 is 17.7 Å². The molecular formula is C25H21ClN2O5. The molecule has 1 aliphatic rings. The Morgan fingerprint density at radius 3 is 2.55 bits per heavy atom. The van der Waals surface area contributed by atoms with E-state index in [0.29, 0.717) is 22.4 Å². The van der Waals surface area contributed by atoms with E-state index in [1.807, 2.05) is 6.92 Å². The van der Waals surface area contributed by atoms with Crippen molar-refractivity contribution in [3.63, 3.8) is 0 Å². The minimum absolute atomic E-state index is 0.0557. The summed E-state index contributed by atoms with van der Waals surface area (Å²) >= 11 is 6.12. The van der Waals surface area contributed by atoms with E-state index >= 15 is 0 Å². The van der Waals surface area contributed by atoms with Gasteiger partial charge in [-0.25, -0.2) is 0 Å². The minimum atomic E-state index is -1.02. The molecule has 1 atom stereocenters. The first-order chi connectivity index (χ1) is 15.7. The third-order valence-electron chi connectivity index (χ3n) is 5.64. The van der Waals surface area contributed by atoms with Gasteiger partial charge in [0.05, 0.1) is 24.4 Å². The number of phenolic OH excluding ortho intramolecular Hbond substituents is 1. The summed E-state index contributed by atoms with van der Waals surface area (Å²) in [7, 11) is 1.55. The molecule has 1 aliphatic heterocycles. The summed E-state index contributed by atoms with van der Waals surface area (Å²) < 4.78 is 5.34. The molecule has 0 saturated carbocycles. The van der Waals surface area contributed by atoms with Crippen LogP contribution in [0.15, 0.2) is 60.4 Å². The number of aromatic hydroxyl groups is 1. The minimum Gasteiger partial charge on any atom is -0.507 e. The second-order valence-corrected chi connectivity index (χ2v) is 8.16. The molecular weight excluding hydrogens is 444 g/mol. The molecule has 2 heterocycles. The molecule has 2 N–H and O–H groups in total. The van der Waals surface area contributed by atoms with Crippen LogP contribution in [0.25, 0.3) is 5.76 Å². The zero-order valence-corrected chi connectivity index (χ0v) is 18.9. The maximum absolute atomic E-state index is 13.2. The van der Waals surface area contributed by atoms with Gasteiger partial charge in [0, 0.05) is 23.0 Å². The molecule has 168 valence electrons. The van der Waals surface area contributed by atoms with Crippen molar-refractivity contribution in [1.29, 1.82) is 0 Å². The molecule has 1 amide bonds. The second-order valence-electron chi connectivity index (χ2n) is 7.73. The number of carbonyl (C=O) groups excluding carboxylic acids is 2. The van der Waals surface area contributed by atoms with Gasteiger partial charge in [-0.15, -0.1) is 0 Å². The zero-order chi connectivity index (χ0) is 23.9. The van der Waals surface area contributed by atoms with Crippen molar-refractivity contribution in [3.05, 3.63) is 87.7 Å². The van der Waals surface area contributed by atoms with Crippen LogP contribution >= 0.6 is 11.6 Å². The summed E-state index contributed by atoms with van der Waals surface area (Å²) in [5.74, 6) is -1.70. The molecule has 0 spiro atoms. The number of hydrogen-bond donors (Lipinski definition) is 2. The highest BCUT2D eigenvalue weighted by atomic mass is 35.5. The van der Waals surface area contributed by atoms with Crippen LogP contribution in [0, 0.1) is 13.8 Å². The van der Waals surface area contributed by atoms with Crippen LogP contribution in [-0.4, -0.2) is 34.0 Å². The third kappa shape index (κ3) is 3.81. The fourth-order valence-corrected chi connectivity index (χ4v) is 4.20. The standard InChI is InChI=1S/C25H21ClN2O5/c1-13-10-20(33-3)14(2)9-17(13)23(30)21-22(15-5-4-8-27-12-15)28(25(32)24(21)31)18-11-16(26)6-7-19(18)29/h4-12,22,29-30H,1-3H3/b23-21+. The highest BCUT2D eigenvalue weighted by Crippen LogP contribution is 2.45. The Kier molecular flexibility index (Phi) is 5.82. The molecule has 0 bridgehead atoms. The summed E-state index contributed by atoms with van der Waals surface area (Å²) in [5, 5.41) is 22.1. The molecule has 3 aromatic rings. The fourth-order valence-electron chi connectivity index (χ4n) is 4.03. The second kappa shape index (κ2) is 8.60. The number of amides is 1. The largest absolute Gasteiger partial charge is 0.507 e. The number of benzene rings is 2. The van der Waals surface area contributed by atoms with Crippen LogP contribution in [-0.2, 0) is 9.59 Å². The summed E-state index contributed by atoms with van der Waals surface area (Å²) in [6, 6.07) is 10.00. The lowest BCUT2D eigenvalue weighted by Gasteiger charge is -2.26. The van der Waals surface area contributed by atoms with Gasteiger partial charge in [0.25, 0.3) is 11.7 Å². The highest BCUT2D eigenvalue weighted by molar-refractivity contribution is 6.52. The quantitative estimate of drug-likeness (QED) is 0.330. The van der Waals surface area contributed by atoms with E-state index in [1.165, 1.54) is 24.4 Å². The molecule has 8 heteroatoms. The number of rotatable bonds is 4. The van der Waals surface area contributed by atoms with Crippen molar-refractivity contribution in [1.82, 2.24) is 4.98 Å². The van der Waals surface area contributed by atoms with Crippen molar-refractivity contribution in [2.45, 2.75) is 19.9 Å².